The average molecular weight is 302 g/mol. The molecule has 1 saturated carbocycles. The quantitative estimate of drug-likeness (QED) is 0.788. The van der Waals surface area contributed by atoms with E-state index in [0.717, 1.165) is 17.9 Å². The van der Waals surface area contributed by atoms with E-state index in [1.807, 2.05) is 0 Å². The lowest BCUT2D eigenvalue weighted by Gasteiger charge is -2.32. The first-order valence-electron chi connectivity index (χ1n) is 7.29. The van der Waals surface area contributed by atoms with Gasteiger partial charge in [0.15, 0.2) is 0 Å². The molecule has 1 aromatic rings. The van der Waals surface area contributed by atoms with Crippen molar-refractivity contribution in [1.82, 2.24) is 10.0 Å². The van der Waals surface area contributed by atoms with E-state index in [1.54, 1.807) is 45.0 Å². The summed E-state index contributed by atoms with van der Waals surface area (Å²) in [5, 5.41) is 2.10. The predicted octanol–water partition coefficient (Wildman–Crippen LogP) is 2.60. The molecule has 3 amide bonds. The molecule has 0 radical (unpaired) electrons. The number of fused-ring (bicyclic) bond motifs is 1. The lowest BCUT2D eigenvalue weighted by Crippen LogP contribution is -2.52. The molecule has 22 heavy (non-hydrogen) atoms. The van der Waals surface area contributed by atoms with Crippen molar-refractivity contribution in [3.8, 4) is 0 Å². The van der Waals surface area contributed by atoms with Gasteiger partial charge in [0.25, 0.3) is 11.8 Å². The topological polar surface area (TPSA) is 66.9 Å². The lowest BCUT2D eigenvalue weighted by molar-refractivity contribution is -0.0319. The van der Waals surface area contributed by atoms with Gasteiger partial charge in [0.2, 0.25) is 0 Å². The summed E-state index contributed by atoms with van der Waals surface area (Å²) in [5.41, 5.74) is -0.0495. The van der Waals surface area contributed by atoms with Gasteiger partial charge in [-0.3, -0.25) is 9.59 Å². The number of benzene rings is 1. The molecular formula is C16H18N2O4. The second kappa shape index (κ2) is 4.83. The summed E-state index contributed by atoms with van der Waals surface area (Å²) in [5.74, 6) is -0.947. The number of hydrogen-bond donors (Lipinski definition) is 0. The Labute approximate surface area is 128 Å². The average Bonchev–Trinajstić information content (AvgIpc) is 3.22. The fourth-order valence-corrected chi connectivity index (χ4v) is 2.39. The smallest absolute Gasteiger partial charge is 0.430 e. The van der Waals surface area contributed by atoms with Gasteiger partial charge in [-0.15, -0.1) is 0 Å². The van der Waals surface area contributed by atoms with Crippen LogP contribution in [-0.2, 0) is 4.74 Å². The fraction of sp³-hybridized carbons (Fsp3) is 0.438. The zero-order chi connectivity index (χ0) is 16.1. The molecule has 1 aromatic carbocycles. The van der Waals surface area contributed by atoms with Gasteiger partial charge in [0.1, 0.15) is 5.60 Å². The summed E-state index contributed by atoms with van der Waals surface area (Å²) in [6.45, 7) is 5.25. The van der Waals surface area contributed by atoms with Crippen LogP contribution in [0.4, 0.5) is 4.79 Å². The number of nitrogens with zero attached hydrogens (tertiary/aromatic N) is 2. The second-order valence-corrected chi connectivity index (χ2v) is 6.52. The predicted molar refractivity (Wildman–Crippen MR) is 78.0 cm³/mol. The SMILES string of the molecule is CC(C)(C)OC(=O)N(C1CC1)N1C(=O)c2ccccc2C1=O. The van der Waals surface area contributed by atoms with Crippen LogP contribution < -0.4 is 0 Å². The Balaban J connectivity index is 1.93. The molecule has 1 aliphatic carbocycles. The van der Waals surface area contributed by atoms with Crippen LogP contribution in [0.15, 0.2) is 24.3 Å². The summed E-state index contributed by atoms with van der Waals surface area (Å²) in [7, 11) is 0. The zero-order valence-corrected chi connectivity index (χ0v) is 12.8. The van der Waals surface area contributed by atoms with Gasteiger partial charge in [-0.1, -0.05) is 12.1 Å². The number of ether oxygens (including phenoxy) is 1. The summed E-state index contributed by atoms with van der Waals surface area (Å²) in [6.07, 6.45) is 0.851. The number of hydrazine groups is 1. The molecule has 0 N–H and O–H groups in total. The number of imide groups is 1. The molecular weight excluding hydrogens is 284 g/mol. The van der Waals surface area contributed by atoms with Crippen molar-refractivity contribution in [3.63, 3.8) is 0 Å². The van der Waals surface area contributed by atoms with Crippen LogP contribution in [0.2, 0.25) is 0 Å². The summed E-state index contributed by atoms with van der Waals surface area (Å²) >= 11 is 0. The molecule has 0 spiro atoms. The van der Waals surface area contributed by atoms with Gasteiger partial charge < -0.3 is 4.74 Å². The van der Waals surface area contributed by atoms with Crippen molar-refractivity contribution in [1.29, 1.82) is 0 Å². The minimum atomic E-state index is -0.692. The number of carbonyl (C=O) groups excluding carboxylic acids is 3. The molecule has 1 heterocycles. The van der Waals surface area contributed by atoms with Crippen molar-refractivity contribution in [2.45, 2.75) is 45.3 Å². The van der Waals surface area contributed by atoms with Gasteiger partial charge in [-0.25, -0.2) is 9.80 Å². The molecule has 2 aliphatic rings. The maximum absolute atomic E-state index is 12.5. The molecule has 6 nitrogen and oxygen atoms in total. The maximum Gasteiger partial charge on any atom is 0.430 e. The highest BCUT2D eigenvalue weighted by atomic mass is 16.6. The second-order valence-electron chi connectivity index (χ2n) is 6.52. The van der Waals surface area contributed by atoms with Crippen LogP contribution in [0.25, 0.3) is 0 Å². The molecule has 0 atom stereocenters. The van der Waals surface area contributed by atoms with E-state index in [9.17, 15) is 14.4 Å². The van der Waals surface area contributed by atoms with Crippen molar-refractivity contribution >= 4 is 17.9 Å². The first-order valence-corrected chi connectivity index (χ1v) is 7.29. The van der Waals surface area contributed by atoms with Gasteiger partial charge in [0, 0.05) is 0 Å². The molecule has 0 unspecified atom stereocenters. The van der Waals surface area contributed by atoms with Crippen molar-refractivity contribution in [2.75, 3.05) is 0 Å². The van der Waals surface area contributed by atoms with Crippen molar-refractivity contribution in [2.24, 2.45) is 0 Å². The number of carbonyl (C=O) groups is 3. The molecule has 0 saturated heterocycles. The monoisotopic (exact) mass is 302 g/mol. The van der Waals surface area contributed by atoms with Crippen LogP contribution in [-0.4, -0.2) is 39.6 Å². The largest absolute Gasteiger partial charge is 0.442 e. The summed E-state index contributed by atoms with van der Waals surface area (Å²) < 4.78 is 5.35. The summed E-state index contributed by atoms with van der Waals surface area (Å²) in [4.78, 5) is 37.4. The van der Waals surface area contributed by atoms with E-state index in [-0.39, 0.29) is 6.04 Å². The van der Waals surface area contributed by atoms with E-state index >= 15 is 0 Å². The Kier molecular flexibility index (Phi) is 3.20. The Hall–Kier alpha value is -2.37. The van der Waals surface area contributed by atoms with Crippen molar-refractivity contribution < 1.29 is 19.1 Å². The highest BCUT2D eigenvalue weighted by molar-refractivity contribution is 6.21. The van der Waals surface area contributed by atoms with Crippen LogP contribution in [0.3, 0.4) is 0 Å². The van der Waals surface area contributed by atoms with Crippen LogP contribution in [0.5, 0.6) is 0 Å². The standard InChI is InChI=1S/C16H18N2O4/c1-16(2,3)22-15(21)17(10-8-9-10)18-13(19)11-6-4-5-7-12(11)14(18)20/h4-7,10H,8-9H2,1-3H3. The van der Waals surface area contributed by atoms with Gasteiger partial charge >= 0.3 is 6.09 Å². The van der Waals surface area contributed by atoms with E-state index in [1.165, 1.54) is 5.01 Å². The fourth-order valence-electron chi connectivity index (χ4n) is 2.39. The lowest BCUT2D eigenvalue weighted by atomic mass is 10.1. The first-order chi connectivity index (χ1) is 10.3. The third kappa shape index (κ3) is 2.45. The molecule has 1 fully saturated rings. The van der Waals surface area contributed by atoms with E-state index < -0.39 is 23.5 Å². The van der Waals surface area contributed by atoms with E-state index in [2.05, 4.69) is 0 Å². The van der Waals surface area contributed by atoms with Gasteiger partial charge in [0.05, 0.1) is 17.2 Å². The molecule has 0 bridgehead atoms. The third-order valence-corrected chi connectivity index (χ3v) is 3.46. The molecule has 116 valence electrons. The summed E-state index contributed by atoms with van der Waals surface area (Å²) in [6, 6.07) is 6.42. The van der Waals surface area contributed by atoms with Crippen LogP contribution in [0, 0.1) is 0 Å². The zero-order valence-electron chi connectivity index (χ0n) is 12.8. The Morgan fingerprint density at radius 2 is 1.64 bits per heavy atom. The Morgan fingerprint density at radius 3 is 2.05 bits per heavy atom. The van der Waals surface area contributed by atoms with Gasteiger partial charge in [-0.05, 0) is 45.7 Å². The highest BCUT2D eigenvalue weighted by Crippen LogP contribution is 2.34. The van der Waals surface area contributed by atoms with Gasteiger partial charge in [-0.2, -0.15) is 5.01 Å². The van der Waals surface area contributed by atoms with E-state index in [4.69, 9.17) is 4.74 Å². The minimum Gasteiger partial charge on any atom is -0.442 e. The molecule has 1 aliphatic heterocycles. The molecule has 3 rings (SSSR count). The third-order valence-electron chi connectivity index (χ3n) is 3.46. The van der Waals surface area contributed by atoms with E-state index in [0.29, 0.717) is 11.1 Å². The Morgan fingerprint density at radius 1 is 1.14 bits per heavy atom. The Bertz CT molecular complexity index is 623. The molecule has 6 heteroatoms. The maximum atomic E-state index is 12.5. The molecule has 0 aromatic heterocycles. The van der Waals surface area contributed by atoms with Crippen LogP contribution >= 0.6 is 0 Å². The van der Waals surface area contributed by atoms with Crippen molar-refractivity contribution in [3.05, 3.63) is 35.4 Å². The minimum absolute atomic E-state index is 0.155. The normalized spacial score (nSPS) is 17.5. The first kappa shape index (κ1) is 14.6. The highest BCUT2D eigenvalue weighted by Gasteiger charge is 2.48. The number of rotatable bonds is 2. The van der Waals surface area contributed by atoms with Crippen LogP contribution in [0.1, 0.15) is 54.3 Å². The number of hydrogen-bond acceptors (Lipinski definition) is 4. The number of amides is 3.